The molecule has 1 fully saturated rings. The van der Waals surface area contributed by atoms with Gasteiger partial charge in [0.15, 0.2) is 0 Å². The largest absolute Gasteiger partial charge is 0.341 e. The maximum absolute atomic E-state index is 12.2. The number of aromatic nitrogens is 3. The molecular weight excluding hydrogens is 272 g/mol. The van der Waals surface area contributed by atoms with Crippen LogP contribution in [0, 0.1) is 11.8 Å². The zero-order valence-electron chi connectivity index (χ0n) is 12.7. The van der Waals surface area contributed by atoms with E-state index in [0.29, 0.717) is 28.7 Å². The third-order valence-corrected chi connectivity index (χ3v) is 4.41. The van der Waals surface area contributed by atoms with E-state index in [9.17, 15) is 4.79 Å². The van der Waals surface area contributed by atoms with Crippen LogP contribution in [0.25, 0.3) is 0 Å². The van der Waals surface area contributed by atoms with Crippen LogP contribution in [-0.2, 0) is 4.79 Å². The molecule has 2 unspecified atom stereocenters. The highest BCUT2D eigenvalue weighted by molar-refractivity contribution is 7.99. The maximum Gasteiger partial charge on any atom is 0.233 e. The molecule has 1 aromatic rings. The number of nitrogens with zero attached hydrogens (tertiary/aromatic N) is 3. The smallest absolute Gasteiger partial charge is 0.233 e. The van der Waals surface area contributed by atoms with E-state index in [1.807, 2.05) is 4.90 Å². The van der Waals surface area contributed by atoms with Crippen LogP contribution >= 0.6 is 11.8 Å². The van der Waals surface area contributed by atoms with Crippen molar-refractivity contribution in [2.24, 2.45) is 11.8 Å². The number of rotatable bonds is 4. The van der Waals surface area contributed by atoms with Gasteiger partial charge in [0, 0.05) is 19.0 Å². The molecule has 5 nitrogen and oxygen atoms in total. The Kier molecular flexibility index (Phi) is 5.07. The highest BCUT2D eigenvalue weighted by atomic mass is 32.2. The number of carbonyl (C=O) groups excluding carboxylic acids is 1. The number of piperidine rings is 1. The first-order chi connectivity index (χ1) is 9.45. The topological polar surface area (TPSA) is 61.9 Å². The van der Waals surface area contributed by atoms with Gasteiger partial charge in [-0.1, -0.05) is 39.5 Å². The average Bonchev–Trinajstić information content (AvgIpc) is 2.83. The molecule has 0 radical (unpaired) electrons. The van der Waals surface area contributed by atoms with Crippen LogP contribution in [0.4, 0.5) is 0 Å². The van der Waals surface area contributed by atoms with Crippen molar-refractivity contribution in [3.63, 3.8) is 0 Å². The van der Waals surface area contributed by atoms with Crippen molar-refractivity contribution in [1.29, 1.82) is 0 Å². The number of thioether (sulfide) groups is 1. The summed E-state index contributed by atoms with van der Waals surface area (Å²) in [5, 5.41) is 7.72. The van der Waals surface area contributed by atoms with Gasteiger partial charge in [-0.15, -0.1) is 5.10 Å². The van der Waals surface area contributed by atoms with Gasteiger partial charge in [-0.25, -0.2) is 4.98 Å². The molecule has 2 atom stereocenters. The molecule has 0 aromatic carbocycles. The Morgan fingerprint density at radius 2 is 2.05 bits per heavy atom. The summed E-state index contributed by atoms with van der Waals surface area (Å²) in [5.41, 5.74) is 0. The standard InChI is InChI=1S/C14H24N4OS/c1-9(2)13-15-14(17-16-13)20-8-12(19)18-6-10(3)5-11(4)7-18/h9-11H,5-8H2,1-4H3,(H,15,16,17). The van der Waals surface area contributed by atoms with Gasteiger partial charge >= 0.3 is 0 Å². The Balaban J connectivity index is 1.85. The molecule has 0 aliphatic carbocycles. The van der Waals surface area contributed by atoms with E-state index in [1.165, 1.54) is 18.2 Å². The molecule has 0 saturated carbocycles. The van der Waals surface area contributed by atoms with Gasteiger partial charge in [0.2, 0.25) is 11.1 Å². The lowest BCUT2D eigenvalue weighted by molar-refractivity contribution is -0.130. The Bertz CT molecular complexity index is 450. The Hall–Kier alpha value is -1.04. The zero-order chi connectivity index (χ0) is 14.7. The summed E-state index contributed by atoms with van der Waals surface area (Å²) in [5.74, 6) is 3.03. The van der Waals surface area contributed by atoms with Crippen molar-refractivity contribution >= 4 is 17.7 Å². The second-order valence-corrected chi connectivity index (χ2v) is 7.13. The lowest BCUT2D eigenvalue weighted by Crippen LogP contribution is -2.43. The third-order valence-electron chi connectivity index (χ3n) is 3.58. The van der Waals surface area contributed by atoms with Gasteiger partial charge in [-0.05, 0) is 18.3 Å². The molecule has 1 saturated heterocycles. The molecule has 20 heavy (non-hydrogen) atoms. The van der Waals surface area contributed by atoms with E-state index in [-0.39, 0.29) is 5.91 Å². The highest BCUT2D eigenvalue weighted by Crippen LogP contribution is 2.22. The summed E-state index contributed by atoms with van der Waals surface area (Å²) in [4.78, 5) is 18.6. The molecule has 1 aliphatic rings. The van der Waals surface area contributed by atoms with Gasteiger partial charge in [-0.3, -0.25) is 9.89 Å². The molecule has 1 amide bonds. The summed E-state index contributed by atoms with van der Waals surface area (Å²) >= 11 is 1.42. The van der Waals surface area contributed by atoms with Crippen LogP contribution in [0.1, 0.15) is 45.9 Å². The lowest BCUT2D eigenvalue weighted by Gasteiger charge is -2.34. The number of nitrogens with one attached hydrogen (secondary N) is 1. The molecule has 0 bridgehead atoms. The number of amides is 1. The van der Waals surface area contributed by atoms with E-state index < -0.39 is 0 Å². The first-order valence-corrected chi connectivity index (χ1v) is 8.27. The Morgan fingerprint density at radius 1 is 1.40 bits per heavy atom. The summed E-state index contributed by atoms with van der Waals surface area (Å²) in [6, 6.07) is 0. The monoisotopic (exact) mass is 296 g/mol. The van der Waals surface area contributed by atoms with Crippen LogP contribution in [0.15, 0.2) is 5.16 Å². The quantitative estimate of drug-likeness (QED) is 0.867. The summed E-state index contributed by atoms with van der Waals surface area (Å²) in [7, 11) is 0. The summed E-state index contributed by atoms with van der Waals surface area (Å²) in [6.07, 6.45) is 1.22. The fourth-order valence-corrected chi connectivity index (χ4v) is 3.37. The minimum Gasteiger partial charge on any atom is -0.341 e. The summed E-state index contributed by atoms with van der Waals surface area (Å²) < 4.78 is 0. The molecule has 1 aliphatic heterocycles. The highest BCUT2D eigenvalue weighted by Gasteiger charge is 2.25. The number of hydrogen-bond acceptors (Lipinski definition) is 4. The average molecular weight is 296 g/mol. The molecular formula is C14H24N4OS. The van der Waals surface area contributed by atoms with Crippen LogP contribution in [-0.4, -0.2) is 44.8 Å². The van der Waals surface area contributed by atoms with E-state index in [0.717, 1.165) is 18.9 Å². The van der Waals surface area contributed by atoms with Gasteiger partial charge in [0.25, 0.3) is 0 Å². The van der Waals surface area contributed by atoms with E-state index in [1.54, 1.807) is 0 Å². The van der Waals surface area contributed by atoms with Crippen molar-refractivity contribution in [3.05, 3.63) is 5.82 Å². The Morgan fingerprint density at radius 3 is 2.60 bits per heavy atom. The molecule has 1 aromatic heterocycles. The fourth-order valence-electron chi connectivity index (χ4n) is 2.67. The van der Waals surface area contributed by atoms with Crippen molar-refractivity contribution in [2.45, 2.75) is 45.2 Å². The number of H-pyrrole nitrogens is 1. The SMILES string of the molecule is CC1CC(C)CN(C(=O)CSc2n[nH]c(C(C)C)n2)C1. The summed E-state index contributed by atoms with van der Waals surface area (Å²) in [6.45, 7) is 10.3. The predicted molar refractivity (Wildman–Crippen MR) is 80.7 cm³/mol. The minimum atomic E-state index is 0.198. The fraction of sp³-hybridized carbons (Fsp3) is 0.786. The molecule has 112 valence electrons. The Labute approximate surface area is 124 Å². The molecule has 0 spiro atoms. The molecule has 6 heteroatoms. The van der Waals surface area contributed by atoms with E-state index in [4.69, 9.17) is 0 Å². The third kappa shape index (κ3) is 3.98. The van der Waals surface area contributed by atoms with Crippen LogP contribution in [0.2, 0.25) is 0 Å². The molecule has 2 heterocycles. The second-order valence-electron chi connectivity index (χ2n) is 6.19. The van der Waals surface area contributed by atoms with E-state index in [2.05, 4.69) is 42.9 Å². The molecule has 2 rings (SSSR count). The van der Waals surface area contributed by atoms with Crippen molar-refractivity contribution in [3.8, 4) is 0 Å². The van der Waals surface area contributed by atoms with Gasteiger partial charge < -0.3 is 4.90 Å². The van der Waals surface area contributed by atoms with Crippen molar-refractivity contribution < 1.29 is 4.79 Å². The van der Waals surface area contributed by atoms with Crippen LogP contribution < -0.4 is 0 Å². The van der Waals surface area contributed by atoms with Crippen molar-refractivity contribution in [1.82, 2.24) is 20.1 Å². The number of hydrogen-bond donors (Lipinski definition) is 1. The van der Waals surface area contributed by atoms with Gasteiger partial charge in [-0.2, -0.15) is 0 Å². The normalized spacial score (nSPS) is 23.4. The van der Waals surface area contributed by atoms with Gasteiger partial charge in [0.05, 0.1) is 5.75 Å². The lowest BCUT2D eigenvalue weighted by atomic mass is 9.92. The maximum atomic E-state index is 12.2. The number of likely N-dealkylation sites (tertiary alicyclic amines) is 1. The second kappa shape index (κ2) is 6.61. The van der Waals surface area contributed by atoms with Crippen molar-refractivity contribution in [2.75, 3.05) is 18.8 Å². The number of aromatic amines is 1. The first-order valence-electron chi connectivity index (χ1n) is 7.28. The number of carbonyl (C=O) groups is 1. The predicted octanol–water partition coefficient (Wildman–Crippen LogP) is 2.52. The first kappa shape index (κ1) is 15.4. The van der Waals surface area contributed by atoms with Crippen LogP contribution in [0.3, 0.4) is 0 Å². The zero-order valence-corrected chi connectivity index (χ0v) is 13.5. The van der Waals surface area contributed by atoms with Gasteiger partial charge in [0.1, 0.15) is 5.82 Å². The van der Waals surface area contributed by atoms with Crippen LogP contribution in [0.5, 0.6) is 0 Å². The minimum absolute atomic E-state index is 0.198. The molecule has 1 N–H and O–H groups in total. The van der Waals surface area contributed by atoms with E-state index >= 15 is 0 Å².